The third-order valence-electron chi connectivity index (χ3n) is 3.29. The molecular formula is C14H2Cl6O2. The highest BCUT2D eigenvalue weighted by molar-refractivity contribution is 6.56. The quantitative estimate of drug-likeness (QED) is 0.316. The van der Waals surface area contributed by atoms with Gasteiger partial charge in [-0.25, -0.2) is 0 Å². The summed E-state index contributed by atoms with van der Waals surface area (Å²) in [7, 11) is 0. The molecule has 0 saturated heterocycles. The number of ketones is 2. The van der Waals surface area contributed by atoms with E-state index in [-0.39, 0.29) is 52.4 Å². The lowest BCUT2D eigenvalue weighted by atomic mass is 9.84. The molecule has 0 radical (unpaired) electrons. The first-order valence-corrected chi connectivity index (χ1v) is 7.97. The topological polar surface area (TPSA) is 34.1 Å². The van der Waals surface area contributed by atoms with Crippen molar-refractivity contribution in [2.24, 2.45) is 0 Å². The van der Waals surface area contributed by atoms with Crippen LogP contribution >= 0.6 is 69.6 Å². The number of benzene rings is 2. The van der Waals surface area contributed by atoms with E-state index in [1.807, 2.05) is 0 Å². The van der Waals surface area contributed by atoms with E-state index in [1.54, 1.807) is 0 Å². The number of hydrogen-bond acceptors (Lipinski definition) is 2. The summed E-state index contributed by atoms with van der Waals surface area (Å²) in [6, 6.07) is 2.82. The van der Waals surface area contributed by atoms with Crippen molar-refractivity contribution >= 4 is 81.2 Å². The highest BCUT2D eigenvalue weighted by Crippen LogP contribution is 2.46. The fourth-order valence-electron chi connectivity index (χ4n) is 2.28. The van der Waals surface area contributed by atoms with E-state index >= 15 is 0 Å². The molecule has 112 valence electrons. The van der Waals surface area contributed by atoms with E-state index in [2.05, 4.69) is 0 Å². The third kappa shape index (κ3) is 2.10. The van der Waals surface area contributed by atoms with Crippen molar-refractivity contribution in [3.63, 3.8) is 0 Å². The minimum absolute atomic E-state index is 0.0250. The molecule has 0 fully saturated rings. The highest BCUT2D eigenvalue weighted by Gasteiger charge is 2.37. The predicted octanol–water partition coefficient (Wildman–Crippen LogP) is 6.38. The van der Waals surface area contributed by atoms with Crippen LogP contribution in [0.4, 0.5) is 0 Å². The molecular weight excluding hydrogens is 413 g/mol. The molecule has 3 rings (SSSR count). The van der Waals surface area contributed by atoms with Gasteiger partial charge in [0.25, 0.3) is 0 Å². The molecule has 0 saturated carbocycles. The Morgan fingerprint density at radius 2 is 1.05 bits per heavy atom. The molecule has 0 spiro atoms. The number of fused-ring (bicyclic) bond motifs is 2. The van der Waals surface area contributed by atoms with Gasteiger partial charge in [0.1, 0.15) is 0 Å². The van der Waals surface area contributed by atoms with Crippen molar-refractivity contribution in [1.29, 1.82) is 0 Å². The Bertz CT molecular complexity index is 888. The van der Waals surface area contributed by atoms with Gasteiger partial charge < -0.3 is 0 Å². The molecule has 0 aromatic heterocycles. The molecule has 0 amide bonds. The van der Waals surface area contributed by atoms with Crippen molar-refractivity contribution in [1.82, 2.24) is 0 Å². The lowest BCUT2D eigenvalue weighted by Gasteiger charge is -2.22. The van der Waals surface area contributed by atoms with Gasteiger partial charge in [-0.05, 0) is 12.1 Å². The fourth-order valence-corrected chi connectivity index (χ4v) is 3.71. The second kappa shape index (κ2) is 5.55. The summed E-state index contributed by atoms with van der Waals surface area (Å²) in [6.45, 7) is 0. The standard InChI is InChI=1S/C14H2Cl6O2/c15-4-2-1-3-5(8(4)16)14(22)7-6(13(3)21)9(17)11(19)12(20)10(7)18/h1-2H. The summed E-state index contributed by atoms with van der Waals surface area (Å²) in [5, 5.41) is -0.340. The largest absolute Gasteiger partial charge is 0.289 e. The average Bonchev–Trinajstić information content (AvgIpc) is 2.49. The number of hydrogen-bond donors (Lipinski definition) is 0. The van der Waals surface area contributed by atoms with Crippen molar-refractivity contribution < 1.29 is 9.59 Å². The van der Waals surface area contributed by atoms with Crippen LogP contribution in [0.3, 0.4) is 0 Å². The molecule has 8 heteroatoms. The Labute approximate surface area is 154 Å². The molecule has 0 atom stereocenters. The first kappa shape index (κ1) is 16.4. The van der Waals surface area contributed by atoms with Gasteiger partial charge >= 0.3 is 0 Å². The monoisotopic (exact) mass is 412 g/mol. The van der Waals surface area contributed by atoms with E-state index in [0.717, 1.165) is 0 Å². The second-order valence-electron chi connectivity index (χ2n) is 4.45. The first-order chi connectivity index (χ1) is 10.3. The lowest BCUT2D eigenvalue weighted by molar-refractivity contribution is 0.0979. The molecule has 2 nitrogen and oxygen atoms in total. The van der Waals surface area contributed by atoms with Crippen molar-refractivity contribution in [2.45, 2.75) is 0 Å². The first-order valence-electron chi connectivity index (χ1n) is 5.70. The second-order valence-corrected chi connectivity index (χ2v) is 6.75. The van der Waals surface area contributed by atoms with Gasteiger partial charge in [0.15, 0.2) is 11.6 Å². The normalized spacial score (nSPS) is 13.2. The maximum atomic E-state index is 12.7. The molecule has 0 unspecified atom stereocenters. The summed E-state index contributed by atoms with van der Waals surface area (Å²) in [5.74, 6) is -1.10. The summed E-state index contributed by atoms with van der Waals surface area (Å²) in [5.41, 5.74) is -0.147. The third-order valence-corrected chi connectivity index (χ3v) is 5.89. The van der Waals surface area contributed by atoms with E-state index in [1.165, 1.54) is 12.1 Å². The minimum atomic E-state index is -0.581. The van der Waals surface area contributed by atoms with Crippen molar-refractivity contribution in [2.75, 3.05) is 0 Å². The van der Waals surface area contributed by atoms with Crippen LogP contribution in [0.15, 0.2) is 12.1 Å². The van der Waals surface area contributed by atoms with Crippen molar-refractivity contribution in [3.05, 3.63) is 64.5 Å². The van der Waals surface area contributed by atoms with Gasteiger partial charge in [0, 0.05) is 5.56 Å². The van der Waals surface area contributed by atoms with Gasteiger partial charge in [0.05, 0.1) is 46.8 Å². The summed E-state index contributed by atoms with van der Waals surface area (Å²) < 4.78 is 0. The molecule has 2 aromatic carbocycles. The van der Waals surface area contributed by atoms with Crippen LogP contribution in [0.5, 0.6) is 0 Å². The Morgan fingerprint density at radius 1 is 0.545 bits per heavy atom. The number of halogens is 6. The molecule has 1 aliphatic rings. The van der Waals surface area contributed by atoms with Gasteiger partial charge in [0.2, 0.25) is 0 Å². The van der Waals surface area contributed by atoms with Crippen LogP contribution in [0.2, 0.25) is 30.1 Å². The van der Waals surface area contributed by atoms with E-state index in [9.17, 15) is 9.59 Å². The number of rotatable bonds is 0. The van der Waals surface area contributed by atoms with Crippen LogP contribution in [0.25, 0.3) is 0 Å². The van der Waals surface area contributed by atoms with Crippen LogP contribution in [-0.4, -0.2) is 11.6 Å². The van der Waals surface area contributed by atoms with Gasteiger partial charge in [-0.2, -0.15) is 0 Å². The fraction of sp³-hybridized carbons (Fsp3) is 0. The van der Waals surface area contributed by atoms with Gasteiger partial charge in [-0.3, -0.25) is 9.59 Å². The van der Waals surface area contributed by atoms with Crippen LogP contribution in [0.1, 0.15) is 31.8 Å². The lowest BCUT2D eigenvalue weighted by Crippen LogP contribution is -2.23. The summed E-state index contributed by atoms with van der Waals surface area (Å²) >= 11 is 36.1. The zero-order valence-electron chi connectivity index (χ0n) is 10.2. The zero-order valence-corrected chi connectivity index (χ0v) is 14.8. The van der Waals surface area contributed by atoms with Crippen LogP contribution in [-0.2, 0) is 0 Å². The predicted molar refractivity (Wildman–Crippen MR) is 89.8 cm³/mol. The highest BCUT2D eigenvalue weighted by atomic mass is 35.5. The van der Waals surface area contributed by atoms with E-state index in [4.69, 9.17) is 69.6 Å². The van der Waals surface area contributed by atoms with E-state index in [0.29, 0.717) is 0 Å². The molecule has 2 aromatic rings. The molecule has 0 heterocycles. The number of carbonyl (C=O) groups is 2. The Kier molecular flexibility index (Phi) is 4.14. The molecule has 0 bridgehead atoms. The number of carbonyl (C=O) groups excluding carboxylic acids is 2. The Balaban J connectivity index is 2.47. The summed E-state index contributed by atoms with van der Waals surface area (Å²) in [6.07, 6.45) is 0. The van der Waals surface area contributed by atoms with Gasteiger partial charge in [-0.1, -0.05) is 69.6 Å². The van der Waals surface area contributed by atoms with Crippen LogP contribution in [0, 0.1) is 0 Å². The Hall–Kier alpha value is -0.480. The van der Waals surface area contributed by atoms with E-state index < -0.39 is 11.6 Å². The SMILES string of the molecule is O=C1c2ccc(Cl)c(Cl)c2C(=O)c2c(Cl)c(Cl)c(Cl)c(Cl)c21. The maximum absolute atomic E-state index is 12.7. The maximum Gasteiger partial charge on any atom is 0.197 e. The smallest absolute Gasteiger partial charge is 0.197 e. The molecule has 0 N–H and O–H groups in total. The van der Waals surface area contributed by atoms with Gasteiger partial charge in [-0.15, -0.1) is 0 Å². The molecule has 0 aliphatic heterocycles. The summed E-state index contributed by atoms with van der Waals surface area (Å²) in [4.78, 5) is 25.4. The molecule has 22 heavy (non-hydrogen) atoms. The minimum Gasteiger partial charge on any atom is -0.289 e. The average molecular weight is 415 g/mol. The van der Waals surface area contributed by atoms with Crippen LogP contribution < -0.4 is 0 Å². The van der Waals surface area contributed by atoms with Crippen molar-refractivity contribution in [3.8, 4) is 0 Å². The molecule has 1 aliphatic carbocycles. The Morgan fingerprint density at radius 3 is 1.59 bits per heavy atom. The zero-order chi connectivity index (χ0) is 16.3.